The zero-order chi connectivity index (χ0) is 13.1. The summed E-state index contributed by atoms with van der Waals surface area (Å²) in [5.41, 5.74) is 5.64. The lowest BCUT2D eigenvalue weighted by molar-refractivity contribution is 0.937. The van der Waals surface area contributed by atoms with Crippen molar-refractivity contribution in [1.82, 2.24) is 9.97 Å². The van der Waals surface area contributed by atoms with Gasteiger partial charge in [0.1, 0.15) is 5.84 Å². The van der Waals surface area contributed by atoms with E-state index in [4.69, 9.17) is 22.7 Å². The second kappa shape index (κ2) is 5.24. The van der Waals surface area contributed by atoms with Crippen molar-refractivity contribution >= 4 is 29.2 Å². The van der Waals surface area contributed by atoms with Gasteiger partial charge in [0.15, 0.2) is 5.16 Å². The number of halogens is 1. The third kappa shape index (κ3) is 2.91. The van der Waals surface area contributed by atoms with Crippen molar-refractivity contribution in [2.75, 3.05) is 0 Å². The summed E-state index contributed by atoms with van der Waals surface area (Å²) < 4.78 is 0. The maximum Gasteiger partial charge on any atom is 0.251 e. The fourth-order valence-corrected chi connectivity index (χ4v) is 2.44. The molecule has 1 aromatic heterocycles. The lowest BCUT2D eigenvalue weighted by Gasteiger charge is -2.04. The second-order valence-corrected chi connectivity index (χ2v) is 4.87. The predicted molar refractivity (Wildman–Crippen MR) is 71.4 cm³/mol. The van der Waals surface area contributed by atoms with E-state index < -0.39 is 0 Å². The van der Waals surface area contributed by atoms with E-state index in [0.29, 0.717) is 15.7 Å². The van der Waals surface area contributed by atoms with Crippen LogP contribution in [0.2, 0.25) is 5.02 Å². The van der Waals surface area contributed by atoms with Crippen molar-refractivity contribution in [3.63, 3.8) is 0 Å². The molecule has 18 heavy (non-hydrogen) atoms. The Hall–Kier alpha value is -1.79. The maximum absolute atomic E-state index is 11.1. The lowest BCUT2D eigenvalue weighted by atomic mass is 10.2. The fraction of sp³-hybridized carbons (Fsp3) is 0. The molecule has 0 aliphatic rings. The number of aromatic nitrogens is 2. The molecule has 0 fully saturated rings. The van der Waals surface area contributed by atoms with Crippen LogP contribution in [0.25, 0.3) is 0 Å². The van der Waals surface area contributed by atoms with Gasteiger partial charge in [-0.25, -0.2) is 4.98 Å². The molecular formula is C11H9ClN4OS. The Labute approximate surface area is 112 Å². The van der Waals surface area contributed by atoms with Crippen LogP contribution in [-0.4, -0.2) is 15.8 Å². The van der Waals surface area contributed by atoms with E-state index in [9.17, 15) is 4.79 Å². The summed E-state index contributed by atoms with van der Waals surface area (Å²) in [5.74, 6) is -0.0807. The Morgan fingerprint density at radius 1 is 1.44 bits per heavy atom. The first-order chi connectivity index (χ1) is 8.56. The first-order valence-electron chi connectivity index (χ1n) is 4.93. The summed E-state index contributed by atoms with van der Waals surface area (Å²) in [6.07, 6.45) is 1.44. The summed E-state index contributed by atoms with van der Waals surface area (Å²) in [5, 5.41) is 8.20. The standard InChI is InChI=1S/C11H9ClN4OS/c12-8-5-6(1-2-7(8)10(13)14)18-11-15-4-3-9(17)16-11/h1-5H,(H3,13,14)(H,15,16,17). The second-order valence-electron chi connectivity index (χ2n) is 3.40. The molecule has 0 bridgehead atoms. The van der Waals surface area contributed by atoms with E-state index in [1.165, 1.54) is 24.0 Å². The summed E-state index contributed by atoms with van der Waals surface area (Å²) >= 11 is 7.27. The number of rotatable bonds is 3. The van der Waals surface area contributed by atoms with Gasteiger partial charge in [0, 0.05) is 22.7 Å². The molecule has 2 rings (SSSR count). The lowest BCUT2D eigenvalue weighted by Crippen LogP contribution is -2.11. The van der Waals surface area contributed by atoms with Crippen molar-refractivity contribution in [3.05, 3.63) is 51.4 Å². The van der Waals surface area contributed by atoms with Crippen LogP contribution in [0.5, 0.6) is 0 Å². The van der Waals surface area contributed by atoms with E-state index in [-0.39, 0.29) is 11.4 Å². The quantitative estimate of drug-likeness (QED) is 0.454. The molecule has 92 valence electrons. The Morgan fingerprint density at radius 2 is 2.22 bits per heavy atom. The Morgan fingerprint density at radius 3 is 2.83 bits per heavy atom. The third-order valence-electron chi connectivity index (χ3n) is 2.09. The van der Waals surface area contributed by atoms with Crippen LogP contribution in [-0.2, 0) is 0 Å². The molecule has 0 aliphatic heterocycles. The molecule has 1 aromatic carbocycles. The molecule has 0 radical (unpaired) electrons. The SMILES string of the molecule is N=C(N)c1ccc(Sc2nccc(=O)[nH]2)cc1Cl. The van der Waals surface area contributed by atoms with Crippen LogP contribution >= 0.6 is 23.4 Å². The monoisotopic (exact) mass is 280 g/mol. The normalized spacial score (nSPS) is 10.3. The van der Waals surface area contributed by atoms with Gasteiger partial charge in [-0.3, -0.25) is 10.2 Å². The number of benzene rings is 1. The number of nitrogen functional groups attached to an aromatic ring is 1. The van der Waals surface area contributed by atoms with Crippen LogP contribution in [0.1, 0.15) is 5.56 Å². The molecule has 0 atom stereocenters. The number of aromatic amines is 1. The molecular weight excluding hydrogens is 272 g/mol. The van der Waals surface area contributed by atoms with Gasteiger partial charge in [0.2, 0.25) is 0 Å². The minimum absolute atomic E-state index is 0.0807. The Kier molecular flexibility index (Phi) is 3.69. The number of amidine groups is 1. The summed E-state index contributed by atoms with van der Waals surface area (Å²) in [6.45, 7) is 0. The van der Waals surface area contributed by atoms with Crippen LogP contribution in [0.4, 0.5) is 0 Å². The highest BCUT2D eigenvalue weighted by molar-refractivity contribution is 7.99. The minimum Gasteiger partial charge on any atom is -0.384 e. The Bertz CT molecular complexity index is 655. The minimum atomic E-state index is -0.209. The van der Waals surface area contributed by atoms with E-state index in [1.807, 2.05) is 0 Å². The van der Waals surface area contributed by atoms with Gasteiger partial charge < -0.3 is 10.7 Å². The zero-order valence-electron chi connectivity index (χ0n) is 9.11. The van der Waals surface area contributed by atoms with Gasteiger partial charge in [0.05, 0.1) is 5.02 Å². The van der Waals surface area contributed by atoms with E-state index >= 15 is 0 Å². The summed E-state index contributed by atoms with van der Waals surface area (Å²) in [7, 11) is 0. The highest BCUT2D eigenvalue weighted by atomic mass is 35.5. The van der Waals surface area contributed by atoms with Crippen molar-refractivity contribution in [1.29, 1.82) is 5.41 Å². The molecule has 0 amide bonds. The molecule has 0 unspecified atom stereocenters. The van der Waals surface area contributed by atoms with Crippen LogP contribution in [0.3, 0.4) is 0 Å². The van der Waals surface area contributed by atoms with Crippen molar-refractivity contribution in [2.24, 2.45) is 5.73 Å². The third-order valence-corrected chi connectivity index (χ3v) is 3.30. The summed E-state index contributed by atoms with van der Waals surface area (Å²) in [4.78, 5) is 18.5. The molecule has 4 N–H and O–H groups in total. The van der Waals surface area contributed by atoms with Crippen molar-refractivity contribution in [2.45, 2.75) is 10.1 Å². The van der Waals surface area contributed by atoms with E-state index in [2.05, 4.69) is 9.97 Å². The molecule has 2 aromatic rings. The van der Waals surface area contributed by atoms with Gasteiger partial charge in [0.25, 0.3) is 5.56 Å². The van der Waals surface area contributed by atoms with Crippen molar-refractivity contribution in [3.8, 4) is 0 Å². The highest BCUT2D eigenvalue weighted by Gasteiger charge is 2.06. The zero-order valence-corrected chi connectivity index (χ0v) is 10.7. The number of nitrogens with zero attached hydrogens (tertiary/aromatic N) is 1. The molecule has 0 saturated heterocycles. The maximum atomic E-state index is 11.1. The van der Waals surface area contributed by atoms with Crippen LogP contribution < -0.4 is 11.3 Å². The smallest absolute Gasteiger partial charge is 0.251 e. The van der Waals surface area contributed by atoms with E-state index in [1.54, 1.807) is 18.2 Å². The molecule has 1 heterocycles. The average molecular weight is 281 g/mol. The van der Waals surface area contributed by atoms with Crippen LogP contribution in [0.15, 0.2) is 45.3 Å². The summed E-state index contributed by atoms with van der Waals surface area (Å²) in [6, 6.07) is 6.44. The average Bonchev–Trinajstić information content (AvgIpc) is 2.28. The van der Waals surface area contributed by atoms with Gasteiger partial charge >= 0.3 is 0 Å². The molecule has 7 heteroatoms. The predicted octanol–water partition coefficient (Wildman–Crippen LogP) is 1.86. The van der Waals surface area contributed by atoms with Gasteiger partial charge in [-0.2, -0.15) is 0 Å². The highest BCUT2D eigenvalue weighted by Crippen LogP contribution is 2.27. The largest absolute Gasteiger partial charge is 0.384 e. The van der Waals surface area contributed by atoms with Crippen LogP contribution in [0, 0.1) is 5.41 Å². The number of nitrogens with one attached hydrogen (secondary N) is 2. The first kappa shape index (κ1) is 12.7. The number of hydrogen-bond acceptors (Lipinski definition) is 4. The van der Waals surface area contributed by atoms with E-state index in [0.717, 1.165) is 4.90 Å². The molecule has 0 aliphatic carbocycles. The van der Waals surface area contributed by atoms with Gasteiger partial charge in [-0.15, -0.1) is 0 Å². The first-order valence-corrected chi connectivity index (χ1v) is 6.13. The molecule has 0 spiro atoms. The van der Waals surface area contributed by atoms with Crippen molar-refractivity contribution < 1.29 is 0 Å². The van der Waals surface area contributed by atoms with Gasteiger partial charge in [-0.05, 0) is 18.2 Å². The number of hydrogen-bond donors (Lipinski definition) is 3. The molecule has 5 nitrogen and oxygen atoms in total. The number of nitrogens with two attached hydrogens (primary N) is 1. The molecule has 0 saturated carbocycles. The Balaban J connectivity index is 2.28. The number of H-pyrrole nitrogens is 1. The fourth-order valence-electron chi connectivity index (χ4n) is 1.29. The topological polar surface area (TPSA) is 95.6 Å². The van der Waals surface area contributed by atoms with Gasteiger partial charge in [-0.1, -0.05) is 23.4 Å².